The zero-order valence-corrected chi connectivity index (χ0v) is 14.3. The van der Waals surface area contributed by atoms with E-state index in [2.05, 4.69) is 4.72 Å². The van der Waals surface area contributed by atoms with Crippen LogP contribution < -0.4 is 4.72 Å². The summed E-state index contributed by atoms with van der Waals surface area (Å²) in [5.41, 5.74) is 0.358. The van der Waals surface area contributed by atoms with E-state index in [1.807, 2.05) is 6.26 Å². The zero-order valence-electron chi connectivity index (χ0n) is 12.7. The molecule has 0 radical (unpaired) electrons. The van der Waals surface area contributed by atoms with Crippen LogP contribution in [-0.2, 0) is 16.6 Å². The molecule has 1 aromatic heterocycles. The van der Waals surface area contributed by atoms with Gasteiger partial charge in [-0.25, -0.2) is 13.1 Å². The fraction of sp³-hybridized carbons (Fsp3) is 0.714. The van der Waals surface area contributed by atoms with Crippen molar-refractivity contribution in [3.05, 3.63) is 17.1 Å². The number of thioether (sulfide) groups is 1. The van der Waals surface area contributed by atoms with Gasteiger partial charge < -0.3 is 9.52 Å². The molecule has 2 unspecified atom stereocenters. The SMILES string of the molecule is CSC1CCCCC1NS(=O)(=O)c1c(C)oc(C)c1CO. The van der Waals surface area contributed by atoms with Crippen molar-refractivity contribution in [1.82, 2.24) is 4.72 Å². The van der Waals surface area contributed by atoms with Crippen molar-refractivity contribution in [3.63, 3.8) is 0 Å². The van der Waals surface area contributed by atoms with Crippen molar-refractivity contribution < 1.29 is 17.9 Å². The molecular weight excluding hydrogens is 310 g/mol. The summed E-state index contributed by atoms with van der Waals surface area (Å²) >= 11 is 1.71. The Labute approximate surface area is 130 Å². The Morgan fingerprint density at radius 3 is 2.57 bits per heavy atom. The van der Waals surface area contributed by atoms with Crippen molar-refractivity contribution in [1.29, 1.82) is 0 Å². The quantitative estimate of drug-likeness (QED) is 0.864. The highest BCUT2D eigenvalue weighted by Crippen LogP contribution is 2.31. The van der Waals surface area contributed by atoms with Gasteiger partial charge in [-0.05, 0) is 32.9 Å². The normalized spacial score (nSPS) is 23.4. The Morgan fingerprint density at radius 2 is 1.95 bits per heavy atom. The van der Waals surface area contributed by atoms with Gasteiger partial charge in [-0.1, -0.05) is 12.8 Å². The van der Waals surface area contributed by atoms with E-state index in [1.54, 1.807) is 25.6 Å². The van der Waals surface area contributed by atoms with Gasteiger partial charge in [0.25, 0.3) is 0 Å². The second-order valence-electron chi connectivity index (χ2n) is 5.47. The lowest BCUT2D eigenvalue weighted by atomic mass is 9.96. The molecular formula is C14H23NO4S2. The van der Waals surface area contributed by atoms with E-state index in [-0.39, 0.29) is 17.5 Å². The Bertz CT molecular complexity index is 594. The maximum absolute atomic E-state index is 12.7. The summed E-state index contributed by atoms with van der Waals surface area (Å²) in [4.78, 5) is 0.105. The number of nitrogens with one attached hydrogen (secondary N) is 1. The standard InChI is InChI=1S/C14H23NO4S2/c1-9-11(8-16)14(10(2)19-9)21(17,18)15-12-6-4-5-7-13(12)20-3/h12-13,15-16H,4-8H2,1-3H3. The molecule has 1 fully saturated rings. The number of aliphatic hydroxyl groups excluding tert-OH is 1. The highest BCUT2D eigenvalue weighted by Gasteiger charge is 2.32. The third-order valence-corrected chi connectivity index (χ3v) is 6.92. The van der Waals surface area contributed by atoms with Crippen molar-refractivity contribution in [2.45, 2.75) is 62.3 Å². The summed E-state index contributed by atoms with van der Waals surface area (Å²) in [7, 11) is -3.67. The van der Waals surface area contributed by atoms with Crippen LogP contribution in [0.1, 0.15) is 42.8 Å². The molecule has 1 saturated carbocycles. The fourth-order valence-corrected chi connectivity index (χ4v) is 5.79. The van der Waals surface area contributed by atoms with Crippen LogP contribution >= 0.6 is 11.8 Å². The number of hydrogen-bond acceptors (Lipinski definition) is 5. The lowest BCUT2D eigenvalue weighted by molar-refractivity contribution is 0.276. The van der Waals surface area contributed by atoms with Gasteiger partial charge in [-0.3, -0.25) is 0 Å². The number of sulfonamides is 1. The lowest BCUT2D eigenvalue weighted by Crippen LogP contribution is -2.43. The number of hydrogen-bond donors (Lipinski definition) is 2. The van der Waals surface area contributed by atoms with Gasteiger partial charge in [0.1, 0.15) is 16.4 Å². The van der Waals surface area contributed by atoms with Gasteiger partial charge in [-0.2, -0.15) is 11.8 Å². The molecule has 0 aliphatic heterocycles. The van der Waals surface area contributed by atoms with E-state index >= 15 is 0 Å². The maximum Gasteiger partial charge on any atom is 0.244 e. The monoisotopic (exact) mass is 333 g/mol. The van der Waals surface area contributed by atoms with E-state index in [4.69, 9.17) is 4.42 Å². The molecule has 0 bridgehead atoms. The smallest absolute Gasteiger partial charge is 0.244 e. The zero-order chi connectivity index (χ0) is 15.6. The molecule has 2 N–H and O–H groups in total. The molecule has 1 aromatic rings. The van der Waals surface area contributed by atoms with Crippen molar-refractivity contribution in [3.8, 4) is 0 Å². The molecule has 0 aromatic carbocycles. The molecule has 7 heteroatoms. The van der Waals surface area contributed by atoms with Crippen LogP contribution in [0.5, 0.6) is 0 Å². The van der Waals surface area contributed by atoms with Crippen molar-refractivity contribution in [2.75, 3.05) is 6.26 Å². The van der Waals surface area contributed by atoms with Crippen LogP contribution in [0.15, 0.2) is 9.31 Å². The number of rotatable bonds is 5. The molecule has 1 aliphatic carbocycles. The predicted octanol–water partition coefficient (Wildman–Crippen LogP) is 2.34. The van der Waals surface area contributed by atoms with Crippen LogP contribution in [0, 0.1) is 13.8 Å². The van der Waals surface area contributed by atoms with Gasteiger partial charge in [0.15, 0.2) is 0 Å². The average molecular weight is 333 g/mol. The number of aliphatic hydroxyl groups is 1. The molecule has 0 spiro atoms. The summed E-state index contributed by atoms with van der Waals surface area (Å²) in [6.45, 7) is 2.95. The molecule has 120 valence electrons. The van der Waals surface area contributed by atoms with E-state index < -0.39 is 10.0 Å². The fourth-order valence-electron chi connectivity index (χ4n) is 3.02. The minimum Gasteiger partial charge on any atom is -0.465 e. The van der Waals surface area contributed by atoms with Gasteiger partial charge in [-0.15, -0.1) is 0 Å². The first kappa shape index (κ1) is 16.9. The van der Waals surface area contributed by atoms with E-state index in [0.29, 0.717) is 22.3 Å². The van der Waals surface area contributed by atoms with Crippen LogP contribution in [0.4, 0.5) is 0 Å². The summed E-state index contributed by atoms with van der Waals surface area (Å²) < 4.78 is 33.6. The van der Waals surface area contributed by atoms with E-state index in [9.17, 15) is 13.5 Å². The summed E-state index contributed by atoms with van der Waals surface area (Å²) in [6.07, 6.45) is 6.10. The Balaban J connectivity index is 2.30. The van der Waals surface area contributed by atoms with E-state index in [1.165, 1.54) is 0 Å². The van der Waals surface area contributed by atoms with Gasteiger partial charge in [0.05, 0.1) is 6.61 Å². The molecule has 0 saturated heterocycles. The highest BCUT2D eigenvalue weighted by molar-refractivity contribution is 7.99. The highest BCUT2D eigenvalue weighted by atomic mass is 32.2. The minimum absolute atomic E-state index is 0.0556. The van der Waals surface area contributed by atoms with Crippen LogP contribution in [0.25, 0.3) is 0 Å². The molecule has 21 heavy (non-hydrogen) atoms. The lowest BCUT2D eigenvalue weighted by Gasteiger charge is -2.30. The van der Waals surface area contributed by atoms with Crippen LogP contribution in [-0.4, -0.2) is 31.1 Å². The minimum atomic E-state index is -3.67. The first-order valence-electron chi connectivity index (χ1n) is 7.15. The second kappa shape index (κ2) is 6.73. The van der Waals surface area contributed by atoms with E-state index in [0.717, 1.165) is 25.7 Å². The van der Waals surface area contributed by atoms with Gasteiger partial charge >= 0.3 is 0 Å². The average Bonchev–Trinajstić information content (AvgIpc) is 2.73. The summed E-state index contributed by atoms with van der Waals surface area (Å²) in [5.74, 6) is 0.793. The third-order valence-electron chi connectivity index (χ3n) is 4.06. The van der Waals surface area contributed by atoms with Gasteiger partial charge in [0.2, 0.25) is 10.0 Å². The van der Waals surface area contributed by atoms with Crippen molar-refractivity contribution in [2.24, 2.45) is 0 Å². The predicted molar refractivity (Wildman–Crippen MR) is 84.0 cm³/mol. The first-order valence-corrected chi connectivity index (χ1v) is 9.92. The molecule has 2 rings (SSSR count). The summed E-state index contributed by atoms with van der Waals surface area (Å²) in [6, 6.07) is -0.0556. The number of aryl methyl sites for hydroxylation is 2. The van der Waals surface area contributed by atoms with Crippen molar-refractivity contribution >= 4 is 21.8 Å². The van der Waals surface area contributed by atoms with Crippen LogP contribution in [0.2, 0.25) is 0 Å². The Kier molecular flexibility index (Phi) is 5.40. The first-order chi connectivity index (χ1) is 9.90. The Morgan fingerprint density at radius 1 is 1.29 bits per heavy atom. The Hall–Kier alpha value is -0.500. The third kappa shape index (κ3) is 3.47. The van der Waals surface area contributed by atoms with Crippen LogP contribution in [0.3, 0.4) is 0 Å². The molecule has 5 nitrogen and oxygen atoms in total. The molecule has 0 amide bonds. The van der Waals surface area contributed by atoms with Gasteiger partial charge in [0, 0.05) is 16.9 Å². The second-order valence-corrected chi connectivity index (χ2v) is 8.19. The molecule has 2 atom stereocenters. The summed E-state index contributed by atoms with van der Waals surface area (Å²) in [5, 5.41) is 9.73. The number of furan rings is 1. The maximum atomic E-state index is 12.7. The molecule has 1 aliphatic rings. The topological polar surface area (TPSA) is 79.5 Å². The molecule has 1 heterocycles. The largest absolute Gasteiger partial charge is 0.465 e.